The lowest BCUT2D eigenvalue weighted by molar-refractivity contribution is -0.274. The number of rotatable bonds is 9. The average molecular weight is 575 g/mol. The van der Waals surface area contributed by atoms with Gasteiger partial charge in [-0.15, -0.1) is 13.2 Å². The van der Waals surface area contributed by atoms with E-state index in [1.165, 1.54) is 23.1 Å². The highest BCUT2D eigenvalue weighted by Gasteiger charge is 2.31. The molecule has 0 unspecified atom stereocenters. The van der Waals surface area contributed by atoms with Gasteiger partial charge in [0, 0.05) is 30.3 Å². The fourth-order valence-electron chi connectivity index (χ4n) is 4.41. The summed E-state index contributed by atoms with van der Waals surface area (Å²) >= 11 is 6.36. The van der Waals surface area contributed by atoms with E-state index in [1.54, 1.807) is 32.0 Å². The Hall–Kier alpha value is -3.93. The van der Waals surface area contributed by atoms with Crippen LogP contribution in [0.4, 0.5) is 13.2 Å². The molecular formula is C27H26ClF3N6O3. The first-order valence-corrected chi connectivity index (χ1v) is 13.1. The molecule has 0 atom stereocenters. The summed E-state index contributed by atoms with van der Waals surface area (Å²) in [5.41, 5.74) is 4.34. The second-order valence-corrected chi connectivity index (χ2v) is 9.92. The summed E-state index contributed by atoms with van der Waals surface area (Å²) in [5.74, 6) is -0.0238. The Balaban J connectivity index is 1.48. The van der Waals surface area contributed by atoms with E-state index in [9.17, 15) is 18.0 Å². The molecule has 0 N–H and O–H groups in total. The van der Waals surface area contributed by atoms with Crippen LogP contribution in [0.1, 0.15) is 52.9 Å². The van der Waals surface area contributed by atoms with Gasteiger partial charge in [0.15, 0.2) is 11.5 Å². The number of ether oxygens (including phenoxy) is 2. The largest absolute Gasteiger partial charge is 0.573 e. The Kier molecular flexibility index (Phi) is 7.54. The van der Waals surface area contributed by atoms with Crippen LogP contribution in [-0.2, 0) is 17.7 Å². The first kappa shape index (κ1) is 27.6. The molecule has 1 aliphatic carbocycles. The van der Waals surface area contributed by atoms with Gasteiger partial charge in [-0.25, -0.2) is 19.4 Å². The summed E-state index contributed by atoms with van der Waals surface area (Å²) in [7, 11) is 0. The minimum Gasteiger partial charge on any atom is -0.461 e. The highest BCUT2D eigenvalue weighted by molar-refractivity contribution is 6.34. The van der Waals surface area contributed by atoms with Gasteiger partial charge in [0.1, 0.15) is 12.1 Å². The summed E-state index contributed by atoms with van der Waals surface area (Å²) < 4.78 is 50.2. The minimum atomic E-state index is -4.76. The van der Waals surface area contributed by atoms with E-state index in [0.29, 0.717) is 40.8 Å². The quantitative estimate of drug-likeness (QED) is 0.231. The molecule has 40 heavy (non-hydrogen) atoms. The first-order valence-electron chi connectivity index (χ1n) is 12.7. The van der Waals surface area contributed by atoms with Crippen molar-refractivity contribution in [2.75, 3.05) is 6.61 Å². The monoisotopic (exact) mass is 574 g/mol. The lowest BCUT2D eigenvalue weighted by Crippen LogP contribution is -2.16. The fraction of sp³-hybridized carbons (Fsp3) is 0.370. The van der Waals surface area contributed by atoms with Crippen LogP contribution in [0.25, 0.3) is 17.1 Å². The van der Waals surface area contributed by atoms with Crippen LogP contribution >= 0.6 is 11.6 Å². The predicted octanol–water partition coefficient (Wildman–Crippen LogP) is 5.87. The maximum Gasteiger partial charge on any atom is 0.573 e. The summed E-state index contributed by atoms with van der Waals surface area (Å²) in [4.78, 5) is 21.3. The third-order valence-corrected chi connectivity index (χ3v) is 6.99. The number of aromatic nitrogens is 6. The number of carbonyl (C=O) groups excluding carboxylic acids is 1. The summed E-state index contributed by atoms with van der Waals surface area (Å²) in [6, 6.07) is 7.40. The molecule has 0 radical (unpaired) electrons. The van der Waals surface area contributed by atoms with Crippen molar-refractivity contribution in [1.82, 2.24) is 29.5 Å². The molecular weight excluding hydrogens is 549 g/mol. The van der Waals surface area contributed by atoms with Crippen molar-refractivity contribution in [2.24, 2.45) is 5.92 Å². The summed E-state index contributed by atoms with van der Waals surface area (Å²) in [6.45, 7) is 6.23. The van der Waals surface area contributed by atoms with Gasteiger partial charge in [0.2, 0.25) is 0 Å². The van der Waals surface area contributed by atoms with Crippen molar-refractivity contribution in [1.29, 1.82) is 0 Å². The lowest BCUT2D eigenvalue weighted by Gasteiger charge is -2.10. The average Bonchev–Trinajstić information content (AvgIpc) is 3.60. The van der Waals surface area contributed by atoms with E-state index >= 15 is 0 Å². The molecule has 210 valence electrons. The van der Waals surface area contributed by atoms with E-state index in [4.69, 9.17) is 21.4 Å². The van der Waals surface area contributed by atoms with Crippen LogP contribution in [0.5, 0.6) is 5.75 Å². The molecule has 1 aromatic carbocycles. The van der Waals surface area contributed by atoms with Gasteiger partial charge in [-0.05, 0) is 69.4 Å². The molecule has 3 heterocycles. The zero-order chi connectivity index (χ0) is 28.6. The van der Waals surface area contributed by atoms with E-state index in [2.05, 4.69) is 19.8 Å². The molecule has 0 amide bonds. The van der Waals surface area contributed by atoms with Gasteiger partial charge in [-0.3, -0.25) is 4.68 Å². The maximum absolute atomic E-state index is 12.6. The van der Waals surface area contributed by atoms with E-state index in [1.807, 2.05) is 11.6 Å². The van der Waals surface area contributed by atoms with Gasteiger partial charge in [0.05, 0.1) is 28.7 Å². The second-order valence-electron chi connectivity index (χ2n) is 9.54. The number of nitrogens with zero attached hydrogens (tertiary/aromatic N) is 6. The van der Waals surface area contributed by atoms with Crippen molar-refractivity contribution in [3.05, 3.63) is 70.0 Å². The van der Waals surface area contributed by atoms with Crippen LogP contribution in [0.2, 0.25) is 5.02 Å². The highest BCUT2D eigenvalue weighted by atomic mass is 35.5. The molecule has 4 aromatic rings. The number of halogens is 4. The maximum atomic E-state index is 12.6. The third-order valence-electron chi connectivity index (χ3n) is 6.54. The van der Waals surface area contributed by atoms with Crippen molar-refractivity contribution < 1.29 is 27.4 Å². The molecule has 1 fully saturated rings. The Morgan fingerprint density at radius 1 is 1.12 bits per heavy atom. The van der Waals surface area contributed by atoms with Crippen LogP contribution in [0.3, 0.4) is 0 Å². The Bertz CT molecular complexity index is 1540. The van der Waals surface area contributed by atoms with Crippen LogP contribution in [-0.4, -0.2) is 48.5 Å². The number of aryl methyl sites for hydroxylation is 1. The minimum absolute atomic E-state index is 0.0841. The smallest absolute Gasteiger partial charge is 0.461 e. The SMILES string of the molecule is CCOC(=O)c1c(Cl)c(C)nn1-c1cc(Cc2c(C)c(-c3ccc(OC(F)(F)F)cc3)nn2CC2CC2)ncn1. The molecule has 5 rings (SSSR count). The number of alkyl halides is 3. The molecule has 9 nitrogen and oxygen atoms in total. The van der Waals surface area contributed by atoms with Gasteiger partial charge >= 0.3 is 12.3 Å². The molecule has 3 aromatic heterocycles. The van der Waals surface area contributed by atoms with Crippen LogP contribution < -0.4 is 4.74 Å². The molecule has 1 aliphatic rings. The summed E-state index contributed by atoms with van der Waals surface area (Å²) in [5, 5.41) is 9.40. The van der Waals surface area contributed by atoms with Crippen LogP contribution in [0, 0.1) is 19.8 Å². The van der Waals surface area contributed by atoms with Gasteiger partial charge in [0.25, 0.3) is 0 Å². The normalized spacial score (nSPS) is 13.5. The molecule has 0 saturated heterocycles. The van der Waals surface area contributed by atoms with Gasteiger partial charge in [-0.2, -0.15) is 10.2 Å². The first-order chi connectivity index (χ1) is 19.0. The number of benzene rings is 1. The number of hydrogen-bond acceptors (Lipinski definition) is 7. The van der Waals surface area contributed by atoms with Crippen molar-refractivity contribution in [3.8, 4) is 22.8 Å². The molecule has 0 aliphatic heterocycles. The van der Waals surface area contributed by atoms with E-state index < -0.39 is 12.3 Å². The summed E-state index contributed by atoms with van der Waals surface area (Å²) in [6.07, 6.45) is -0.735. The molecule has 0 bridgehead atoms. The molecule has 1 saturated carbocycles. The number of carbonyl (C=O) groups is 1. The Morgan fingerprint density at radius 3 is 2.50 bits per heavy atom. The molecule has 0 spiro atoms. The second kappa shape index (κ2) is 10.9. The predicted molar refractivity (Wildman–Crippen MR) is 139 cm³/mol. The van der Waals surface area contributed by atoms with Gasteiger partial charge in [-0.1, -0.05) is 11.6 Å². The zero-order valence-electron chi connectivity index (χ0n) is 22.0. The van der Waals surface area contributed by atoms with Crippen LogP contribution in [0.15, 0.2) is 36.7 Å². The fourth-order valence-corrected chi connectivity index (χ4v) is 4.61. The molecule has 13 heteroatoms. The van der Waals surface area contributed by atoms with Crippen molar-refractivity contribution in [3.63, 3.8) is 0 Å². The Morgan fingerprint density at radius 2 is 1.85 bits per heavy atom. The van der Waals surface area contributed by atoms with E-state index in [-0.39, 0.29) is 23.1 Å². The zero-order valence-corrected chi connectivity index (χ0v) is 22.8. The van der Waals surface area contributed by atoms with E-state index in [0.717, 1.165) is 30.6 Å². The topological polar surface area (TPSA) is 96.9 Å². The third kappa shape index (κ3) is 5.96. The standard InChI is InChI=1S/C27H26ClF3N6O3/c1-4-39-26(38)25-23(28)16(3)34-37(25)22-12-19(32-14-33-22)11-21-15(2)24(35-36(21)13-17-5-6-17)18-7-9-20(10-8-18)40-27(29,30)31/h7-10,12,14,17H,4-6,11,13H2,1-3H3. The number of hydrogen-bond donors (Lipinski definition) is 0. The Labute approximate surface area is 232 Å². The van der Waals surface area contributed by atoms with Crippen molar-refractivity contribution >= 4 is 17.6 Å². The highest BCUT2D eigenvalue weighted by Crippen LogP contribution is 2.34. The lowest BCUT2D eigenvalue weighted by atomic mass is 10.0. The number of esters is 1. The van der Waals surface area contributed by atoms with Crippen molar-refractivity contribution in [2.45, 2.75) is 52.9 Å². The van der Waals surface area contributed by atoms with Gasteiger partial charge < -0.3 is 9.47 Å².